The first-order valence-electron chi connectivity index (χ1n) is 7.75. The molecule has 0 fully saturated rings. The average Bonchev–Trinajstić information content (AvgIpc) is 2.99. The topological polar surface area (TPSA) is 41.6 Å². The number of fused-ring (bicyclic) bond motifs is 1. The van der Waals surface area contributed by atoms with Gasteiger partial charge in [0.05, 0.1) is 22.8 Å². The molecule has 0 spiro atoms. The summed E-state index contributed by atoms with van der Waals surface area (Å²) in [7, 11) is 0. The predicted molar refractivity (Wildman–Crippen MR) is 89.1 cm³/mol. The van der Waals surface area contributed by atoms with Crippen LogP contribution in [0.25, 0.3) is 16.6 Å². The second-order valence-corrected chi connectivity index (χ2v) is 5.56. The molecule has 3 rings (SSSR count). The van der Waals surface area contributed by atoms with Crippen LogP contribution in [-0.4, -0.2) is 9.78 Å². The van der Waals surface area contributed by atoms with Crippen molar-refractivity contribution in [3.8, 4) is 11.8 Å². The van der Waals surface area contributed by atoms with Gasteiger partial charge >= 0.3 is 0 Å². The second kappa shape index (κ2) is 6.03. The number of benzene rings is 2. The van der Waals surface area contributed by atoms with Gasteiger partial charge in [-0.05, 0) is 54.7 Å². The van der Waals surface area contributed by atoms with Gasteiger partial charge in [-0.2, -0.15) is 10.4 Å². The average molecular weight is 289 g/mol. The van der Waals surface area contributed by atoms with E-state index in [1.807, 2.05) is 35.1 Å². The van der Waals surface area contributed by atoms with Crippen LogP contribution in [0.1, 0.15) is 43.7 Å². The van der Waals surface area contributed by atoms with E-state index in [1.54, 1.807) is 0 Å². The van der Waals surface area contributed by atoms with Crippen LogP contribution in [0.2, 0.25) is 0 Å². The predicted octanol–water partition coefficient (Wildman–Crippen LogP) is 4.80. The molecule has 0 saturated heterocycles. The Balaban J connectivity index is 2.00. The number of nitriles is 1. The summed E-state index contributed by atoms with van der Waals surface area (Å²) in [4.78, 5) is 0. The van der Waals surface area contributed by atoms with Crippen LogP contribution < -0.4 is 0 Å². The van der Waals surface area contributed by atoms with Crippen LogP contribution in [0.3, 0.4) is 0 Å². The number of hydrogen-bond acceptors (Lipinski definition) is 2. The standard InChI is InChI=1S/C19H19N3/c1-3-15(4-2)16-7-8-17-13-22(21-19(17)11-16)18-9-5-14(12-20)6-10-18/h5-11,13,15H,3-4H2,1-2H3. The molecule has 0 amide bonds. The third-order valence-corrected chi connectivity index (χ3v) is 4.25. The Morgan fingerprint density at radius 2 is 1.82 bits per heavy atom. The lowest BCUT2D eigenvalue weighted by Gasteiger charge is -2.11. The first kappa shape index (κ1) is 14.3. The highest BCUT2D eigenvalue weighted by molar-refractivity contribution is 5.79. The monoisotopic (exact) mass is 289 g/mol. The summed E-state index contributed by atoms with van der Waals surface area (Å²) in [5.74, 6) is 0.601. The Bertz CT molecular complexity index is 818. The molecule has 110 valence electrons. The first-order chi connectivity index (χ1) is 10.7. The Morgan fingerprint density at radius 3 is 2.45 bits per heavy atom. The van der Waals surface area contributed by atoms with Crippen LogP contribution in [-0.2, 0) is 0 Å². The van der Waals surface area contributed by atoms with Crippen LogP contribution in [0, 0.1) is 11.3 Å². The third-order valence-electron chi connectivity index (χ3n) is 4.25. The molecule has 0 atom stereocenters. The third kappa shape index (κ3) is 2.60. The van der Waals surface area contributed by atoms with Gasteiger partial charge in [0.2, 0.25) is 0 Å². The van der Waals surface area contributed by atoms with Gasteiger partial charge in [-0.25, -0.2) is 4.68 Å². The van der Waals surface area contributed by atoms with Gasteiger partial charge in [-0.1, -0.05) is 26.0 Å². The SMILES string of the molecule is CCC(CC)c1ccc2cn(-c3ccc(C#N)cc3)nc2c1. The molecular formula is C19H19N3. The Morgan fingerprint density at radius 1 is 1.09 bits per heavy atom. The molecule has 2 aromatic carbocycles. The summed E-state index contributed by atoms with van der Waals surface area (Å²) in [5.41, 5.74) is 4.02. The summed E-state index contributed by atoms with van der Waals surface area (Å²) < 4.78 is 1.88. The van der Waals surface area contributed by atoms with Crippen molar-refractivity contribution < 1.29 is 0 Å². The molecule has 1 aromatic heterocycles. The number of rotatable bonds is 4. The van der Waals surface area contributed by atoms with Gasteiger partial charge in [0.1, 0.15) is 0 Å². The summed E-state index contributed by atoms with van der Waals surface area (Å²) in [6, 6.07) is 16.2. The van der Waals surface area contributed by atoms with Crippen molar-refractivity contribution in [2.24, 2.45) is 0 Å². The lowest BCUT2D eigenvalue weighted by Crippen LogP contribution is -1.95. The van der Waals surface area contributed by atoms with E-state index < -0.39 is 0 Å². The number of aromatic nitrogens is 2. The zero-order valence-electron chi connectivity index (χ0n) is 13.0. The molecule has 3 heteroatoms. The molecule has 0 aliphatic carbocycles. The van der Waals surface area contributed by atoms with Crippen LogP contribution in [0.4, 0.5) is 0 Å². The fraction of sp³-hybridized carbons (Fsp3) is 0.263. The van der Waals surface area contributed by atoms with E-state index in [4.69, 9.17) is 5.26 Å². The summed E-state index contributed by atoms with van der Waals surface area (Å²) in [6.45, 7) is 4.46. The summed E-state index contributed by atoms with van der Waals surface area (Å²) >= 11 is 0. The van der Waals surface area contributed by atoms with Crippen molar-refractivity contribution >= 4 is 10.9 Å². The maximum Gasteiger partial charge on any atom is 0.0991 e. The van der Waals surface area contributed by atoms with Gasteiger partial charge in [0.25, 0.3) is 0 Å². The fourth-order valence-electron chi connectivity index (χ4n) is 2.87. The Hall–Kier alpha value is -2.60. The van der Waals surface area contributed by atoms with Crippen molar-refractivity contribution in [2.45, 2.75) is 32.6 Å². The normalized spacial score (nSPS) is 11.0. The molecule has 0 N–H and O–H groups in total. The van der Waals surface area contributed by atoms with Crippen LogP contribution in [0.15, 0.2) is 48.7 Å². The maximum absolute atomic E-state index is 8.87. The van der Waals surface area contributed by atoms with Crippen molar-refractivity contribution in [1.82, 2.24) is 9.78 Å². The molecule has 3 aromatic rings. The van der Waals surface area contributed by atoms with E-state index in [1.165, 1.54) is 5.56 Å². The quantitative estimate of drug-likeness (QED) is 0.692. The molecule has 3 nitrogen and oxygen atoms in total. The summed E-state index contributed by atoms with van der Waals surface area (Å²) in [6.07, 6.45) is 4.34. The molecule has 0 radical (unpaired) electrons. The highest BCUT2D eigenvalue weighted by Gasteiger charge is 2.09. The van der Waals surface area contributed by atoms with Gasteiger partial charge in [0, 0.05) is 11.6 Å². The molecule has 1 heterocycles. The highest BCUT2D eigenvalue weighted by atomic mass is 15.3. The van der Waals surface area contributed by atoms with Crippen molar-refractivity contribution in [3.63, 3.8) is 0 Å². The lowest BCUT2D eigenvalue weighted by atomic mass is 9.93. The number of hydrogen-bond donors (Lipinski definition) is 0. The van der Waals surface area contributed by atoms with Gasteiger partial charge in [-0.15, -0.1) is 0 Å². The minimum Gasteiger partial charge on any atom is -0.240 e. The highest BCUT2D eigenvalue weighted by Crippen LogP contribution is 2.26. The molecule has 0 saturated carbocycles. The molecule has 0 aliphatic heterocycles. The molecule has 22 heavy (non-hydrogen) atoms. The van der Waals surface area contributed by atoms with E-state index in [9.17, 15) is 0 Å². The van der Waals surface area contributed by atoms with E-state index in [-0.39, 0.29) is 0 Å². The smallest absolute Gasteiger partial charge is 0.0991 e. The molecule has 0 aliphatic rings. The van der Waals surface area contributed by atoms with Crippen molar-refractivity contribution in [2.75, 3.05) is 0 Å². The molecular weight excluding hydrogens is 270 g/mol. The largest absolute Gasteiger partial charge is 0.240 e. The van der Waals surface area contributed by atoms with E-state index in [0.717, 1.165) is 29.4 Å². The maximum atomic E-state index is 8.87. The van der Waals surface area contributed by atoms with Crippen molar-refractivity contribution in [3.05, 3.63) is 59.8 Å². The zero-order chi connectivity index (χ0) is 15.5. The fourth-order valence-corrected chi connectivity index (χ4v) is 2.87. The van der Waals surface area contributed by atoms with E-state index >= 15 is 0 Å². The van der Waals surface area contributed by atoms with E-state index in [2.05, 4.69) is 43.2 Å². The van der Waals surface area contributed by atoms with Gasteiger partial charge in [0.15, 0.2) is 0 Å². The summed E-state index contributed by atoms with van der Waals surface area (Å²) in [5, 5.41) is 14.7. The molecule has 0 bridgehead atoms. The molecule has 0 unspecified atom stereocenters. The second-order valence-electron chi connectivity index (χ2n) is 5.56. The number of nitrogens with zero attached hydrogens (tertiary/aromatic N) is 3. The Labute approximate surface area is 130 Å². The van der Waals surface area contributed by atoms with E-state index in [0.29, 0.717) is 11.5 Å². The lowest BCUT2D eigenvalue weighted by molar-refractivity contribution is 0.642. The van der Waals surface area contributed by atoms with Gasteiger partial charge in [-0.3, -0.25) is 0 Å². The van der Waals surface area contributed by atoms with Crippen molar-refractivity contribution in [1.29, 1.82) is 5.26 Å². The van der Waals surface area contributed by atoms with Gasteiger partial charge < -0.3 is 0 Å². The van der Waals surface area contributed by atoms with Crippen LogP contribution >= 0.6 is 0 Å². The minimum absolute atomic E-state index is 0.601. The minimum atomic E-state index is 0.601. The van der Waals surface area contributed by atoms with Crippen LogP contribution in [0.5, 0.6) is 0 Å². The Kier molecular flexibility index (Phi) is 3.93. The first-order valence-corrected chi connectivity index (χ1v) is 7.75. The zero-order valence-corrected chi connectivity index (χ0v) is 13.0.